The molecule has 0 radical (unpaired) electrons. The first-order valence-corrected chi connectivity index (χ1v) is 8.76. The number of nitro groups is 1. The second-order valence-electron chi connectivity index (χ2n) is 5.47. The van der Waals surface area contributed by atoms with Gasteiger partial charge in [0.2, 0.25) is 6.61 Å². The minimum atomic E-state index is -0.677. The summed E-state index contributed by atoms with van der Waals surface area (Å²) in [6.07, 6.45) is 0. The minimum absolute atomic E-state index is 0.0262. The summed E-state index contributed by atoms with van der Waals surface area (Å²) in [5.41, 5.74) is 0.294. The average molecular weight is 443 g/mol. The van der Waals surface area contributed by atoms with E-state index in [1.807, 2.05) is 0 Å². The van der Waals surface area contributed by atoms with Crippen molar-refractivity contribution in [2.24, 2.45) is 5.16 Å². The first-order chi connectivity index (χ1) is 13.8. The predicted octanol–water partition coefficient (Wildman–Crippen LogP) is 4.50. The molecular weight excluding hydrogens is 427 g/mol. The van der Waals surface area contributed by atoms with Crippen molar-refractivity contribution in [3.63, 3.8) is 0 Å². The molecule has 0 spiro atoms. The van der Waals surface area contributed by atoms with Crippen LogP contribution in [0.4, 0.5) is 5.69 Å². The van der Waals surface area contributed by atoms with Gasteiger partial charge in [-0.3, -0.25) is 10.1 Å². The van der Waals surface area contributed by atoms with Gasteiger partial charge < -0.3 is 19.0 Å². The first kappa shape index (κ1) is 22.3. The van der Waals surface area contributed by atoms with Crippen LogP contribution in [-0.2, 0) is 19.1 Å². The topological polar surface area (TPSA) is 109 Å². The molecule has 0 fully saturated rings. The zero-order chi connectivity index (χ0) is 21.6. The van der Waals surface area contributed by atoms with Crippen LogP contribution in [0.15, 0.2) is 35.5 Å². The number of benzene rings is 2. The fraction of sp³-hybridized carbons (Fsp3) is 0.222. The van der Waals surface area contributed by atoms with E-state index in [1.165, 1.54) is 32.4 Å². The number of nitro benzene ring substituents is 1. The molecule has 0 aliphatic rings. The van der Waals surface area contributed by atoms with Crippen molar-refractivity contribution in [2.75, 3.05) is 20.8 Å². The fourth-order valence-corrected chi connectivity index (χ4v) is 2.56. The highest BCUT2D eigenvalue weighted by molar-refractivity contribution is 6.36. The van der Waals surface area contributed by atoms with E-state index in [1.54, 1.807) is 19.1 Å². The first-order valence-electron chi connectivity index (χ1n) is 8.00. The molecule has 0 atom stereocenters. The highest BCUT2D eigenvalue weighted by Crippen LogP contribution is 2.36. The minimum Gasteiger partial charge on any atom is -0.478 e. The van der Waals surface area contributed by atoms with Gasteiger partial charge in [0.25, 0.3) is 11.6 Å². The molecule has 11 heteroatoms. The molecule has 0 unspecified atom stereocenters. The third-order valence-electron chi connectivity index (χ3n) is 3.66. The van der Waals surface area contributed by atoms with E-state index in [4.69, 9.17) is 37.5 Å². The molecule has 0 bridgehead atoms. The predicted molar refractivity (Wildman–Crippen MR) is 106 cm³/mol. The maximum absolute atomic E-state index is 11.4. The van der Waals surface area contributed by atoms with Crippen molar-refractivity contribution in [1.29, 1.82) is 0 Å². The number of esters is 1. The van der Waals surface area contributed by atoms with Crippen molar-refractivity contribution in [1.82, 2.24) is 0 Å². The zero-order valence-electron chi connectivity index (χ0n) is 15.6. The summed E-state index contributed by atoms with van der Waals surface area (Å²) in [5, 5.41) is 15.8. The molecule has 0 saturated heterocycles. The Morgan fingerprint density at radius 2 is 1.90 bits per heavy atom. The van der Waals surface area contributed by atoms with Gasteiger partial charge in [-0.05, 0) is 35.8 Å². The van der Waals surface area contributed by atoms with Gasteiger partial charge in [-0.1, -0.05) is 23.2 Å². The number of hydrogen-bond donors (Lipinski definition) is 0. The summed E-state index contributed by atoms with van der Waals surface area (Å²) in [4.78, 5) is 26.7. The Hall–Kier alpha value is -3.04. The fourth-order valence-electron chi connectivity index (χ4n) is 2.15. The van der Waals surface area contributed by atoms with Gasteiger partial charge in [0, 0.05) is 17.2 Å². The van der Waals surface area contributed by atoms with Gasteiger partial charge in [-0.15, -0.1) is 0 Å². The van der Waals surface area contributed by atoms with Crippen LogP contribution in [0.25, 0.3) is 0 Å². The zero-order valence-corrected chi connectivity index (χ0v) is 17.1. The quantitative estimate of drug-likeness (QED) is 0.204. The van der Waals surface area contributed by atoms with Crippen LogP contribution in [0.1, 0.15) is 11.1 Å². The largest absolute Gasteiger partial charge is 0.478 e. The molecular formula is C18H16Cl2N2O7. The number of carbonyl (C=O) groups is 1. The van der Waals surface area contributed by atoms with E-state index >= 15 is 0 Å². The Balaban J connectivity index is 2.40. The molecule has 9 nitrogen and oxygen atoms in total. The number of hydrogen-bond acceptors (Lipinski definition) is 8. The van der Waals surface area contributed by atoms with E-state index in [0.29, 0.717) is 21.4 Å². The number of oxime groups is 1. The van der Waals surface area contributed by atoms with Gasteiger partial charge in [0.05, 0.1) is 24.2 Å². The van der Waals surface area contributed by atoms with Crippen LogP contribution in [0.2, 0.25) is 10.0 Å². The maximum atomic E-state index is 11.4. The Labute approximate surface area is 175 Å². The lowest BCUT2D eigenvalue weighted by Crippen LogP contribution is -2.12. The molecule has 2 aromatic carbocycles. The van der Waals surface area contributed by atoms with E-state index in [0.717, 1.165) is 0 Å². The third kappa shape index (κ3) is 5.49. The van der Waals surface area contributed by atoms with E-state index in [2.05, 4.69) is 9.89 Å². The number of methoxy groups -OCH3 is 2. The molecule has 0 N–H and O–H groups in total. The second kappa shape index (κ2) is 9.94. The highest BCUT2D eigenvalue weighted by atomic mass is 35.5. The van der Waals surface area contributed by atoms with Gasteiger partial charge in [0.1, 0.15) is 17.1 Å². The van der Waals surface area contributed by atoms with Gasteiger partial charge in [-0.2, -0.15) is 0 Å². The number of carbonyl (C=O) groups excluding carboxylic acids is 1. The molecule has 154 valence electrons. The van der Waals surface area contributed by atoms with Crippen molar-refractivity contribution < 1.29 is 28.8 Å². The maximum Gasteiger partial charge on any atom is 0.346 e. The molecule has 0 amide bonds. The Bertz CT molecular complexity index is 963. The monoisotopic (exact) mass is 442 g/mol. The number of rotatable bonds is 7. The Morgan fingerprint density at radius 1 is 1.17 bits per heavy atom. The van der Waals surface area contributed by atoms with Crippen molar-refractivity contribution in [2.45, 2.75) is 6.92 Å². The van der Waals surface area contributed by atoms with Gasteiger partial charge in [-0.25, -0.2) is 4.79 Å². The van der Waals surface area contributed by atoms with Gasteiger partial charge in [0.15, 0.2) is 0 Å². The number of halogens is 2. The standard InChI is InChI=1S/C18H16Cl2N2O7/c1-10-13(19)5-7-15(17(10)20)29-11-4-6-14(22(24)25)12(8-11)18(27-3)21-28-9-16(23)26-2/h4-8H,9H2,1-3H3. The number of nitrogens with zero attached hydrogens (tertiary/aromatic N) is 2. The van der Waals surface area contributed by atoms with E-state index in [9.17, 15) is 14.9 Å². The molecule has 0 aliphatic heterocycles. The van der Waals surface area contributed by atoms with E-state index in [-0.39, 0.29) is 22.9 Å². The van der Waals surface area contributed by atoms with Crippen LogP contribution >= 0.6 is 23.2 Å². The summed E-state index contributed by atoms with van der Waals surface area (Å²) >= 11 is 12.3. The van der Waals surface area contributed by atoms with Crippen LogP contribution in [-0.4, -0.2) is 37.6 Å². The third-order valence-corrected chi connectivity index (χ3v) is 4.54. The average Bonchev–Trinajstić information content (AvgIpc) is 2.71. The van der Waals surface area contributed by atoms with Gasteiger partial charge >= 0.3 is 5.97 Å². The summed E-state index contributed by atoms with van der Waals surface area (Å²) in [6.45, 7) is 1.24. The summed E-state index contributed by atoms with van der Waals surface area (Å²) < 4.78 is 15.2. The summed E-state index contributed by atoms with van der Waals surface area (Å²) in [7, 11) is 2.43. The SMILES string of the molecule is COC(=O)CON=C(OC)c1cc(Oc2ccc(Cl)c(C)c2Cl)ccc1[N+](=O)[O-]. The van der Waals surface area contributed by atoms with Crippen molar-refractivity contribution in [3.05, 3.63) is 61.6 Å². The molecule has 29 heavy (non-hydrogen) atoms. The second-order valence-corrected chi connectivity index (χ2v) is 6.26. The molecule has 0 heterocycles. The highest BCUT2D eigenvalue weighted by Gasteiger charge is 2.22. The molecule has 0 aliphatic carbocycles. The molecule has 0 aromatic heterocycles. The normalized spacial score (nSPS) is 11.0. The lowest BCUT2D eigenvalue weighted by molar-refractivity contribution is -0.385. The smallest absolute Gasteiger partial charge is 0.346 e. The Morgan fingerprint density at radius 3 is 2.52 bits per heavy atom. The summed E-state index contributed by atoms with van der Waals surface area (Å²) in [6, 6.07) is 7.14. The molecule has 0 saturated carbocycles. The van der Waals surface area contributed by atoms with Crippen LogP contribution in [0, 0.1) is 17.0 Å². The van der Waals surface area contributed by atoms with E-state index < -0.39 is 17.5 Å². The lowest BCUT2D eigenvalue weighted by atomic mass is 10.1. The molecule has 2 rings (SSSR count). The molecule has 2 aromatic rings. The van der Waals surface area contributed by atoms with Crippen LogP contribution < -0.4 is 4.74 Å². The Kier molecular flexibility index (Phi) is 7.63. The van der Waals surface area contributed by atoms with Crippen molar-refractivity contribution in [3.8, 4) is 11.5 Å². The van der Waals surface area contributed by atoms with Crippen molar-refractivity contribution >= 4 is 40.8 Å². The van der Waals surface area contributed by atoms with Crippen LogP contribution in [0.3, 0.4) is 0 Å². The summed E-state index contributed by atoms with van der Waals surface area (Å²) in [5.74, 6) is -0.369. The number of ether oxygens (including phenoxy) is 3. The lowest BCUT2D eigenvalue weighted by Gasteiger charge is -2.12. The van der Waals surface area contributed by atoms with Crippen LogP contribution in [0.5, 0.6) is 11.5 Å².